The van der Waals surface area contributed by atoms with Crippen molar-refractivity contribution in [3.63, 3.8) is 0 Å². The Morgan fingerprint density at radius 3 is 1.17 bits per heavy atom. The number of hydrogen-bond donors (Lipinski definition) is 8. The molecule has 48 heavy (non-hydrogen) atoms. The van der Waals surface area contributed by atoms with Crippen molar-refractivity contribution in [2.45, 2.75) is 103 Å². The van der Waals surface area contributed by atoms with Gasteiger partial charge in [0.05, 0.1) is 79.3 Å². The van der Waals surface area contributed by atoms with E-state index in [0.717, 1.165) is 32.1 Å². The van der Waals surface area contributed by atoms with Gasteiger partial charge in [0.15, 0.2) is 11.6 Å². The molecule has 2 aliphatic heterocycles. The number of rotatable bonds is 10. The van der Waals surface area contributed by atoms with Crippen LogP contribution < -0.4 is 0 Å². The van der Waals surface area contributed by atoms with Crippen LogP contribution in [-0.2, 0) is 28.5 Å². The summed E-state index contributed by atoms with van der Waals surface area (Å²) in [6.07, 6.45) is 6.29. The highest BCUT2D eigenvalue weighted by Crippen LogP contribution is 2.47. The van der Waals surface area contributed by atoms with Gasteiger partial charge >= 0.3 is 1.43 Å². The minimum absolute atomic E-state index is 0. The second-order valence-corrected chi connectivity index (χ2v) is 14.6. The minimum atomic E-state index is -0.708. The summed E-state index contributed by atoms with van der Waals surface area (Å²) >= 11 is 0. The number of aliphatic hydroxyl groups is 8. The molecule has 0 amide bonds. The van der Waals surface area contributed by atoms with Gasteiger partial charge in [-0.15, -0.1) is 0 Å². The van der Waals surface area contributed by atoms with Crippen LogP contribution in [0.3, 0.4) is 0 Å². The van der Waals surface area contributed by atoms with E-state index >= 15 is 0 Å². The number of ketones is 2. The fraction of sp³-hybridized carbons (Fsp3) is 0.941. The lowest BCUT2D eigenvalue weighted by atomic mass is 9.82. The zero-order valence-corrected chi connectivity index (χ0v) is 29.6. The van der Waals surface area contributed by atoms with Gasteiger partial charge in [-0.05, 0) is 12.8 Å². The highest BCUT2D eigenvalue weighted by atomic mass is 16.7. The smallest absolute Gasteiger partial charge is 0.396 e. The predicted molar refractivity (Wildman–Crippen MR) is 176 cm³/mol. The van der Waals surface area contributed by atoms with Gasteiger partial charge in [-0.2, -0.15) is 0 Å². The summed E-state index contributed by atoms with van der Waals surface area (Å²) in [5.74, 6) is -0.624. The Balaban J connectivity index is 0.000000733. The molecule has 2 aliphatic carbocycles. The molecule has 2 heterocycles. The highest BCUT2D eigenvalue weighted by Gasteiger charge is 2.52. The molecule has 0 aromatic carbocycles. The van der Waals surface area contributed by atoms with Gasteiger partial charge in [0.25, 0.3) is 0 Å². The van der Waals surface area contributed by atoms with Crippen LogP contribution in [0.4, 0.5) is 0 Å². The van der Waals surface area contributed by atoms with Gasteiger partial charge in [0.1, 0.15) is 11.6 Å². The molecule has 284 valence electrons. The van der Waals surface area contributed by atoms with E-state index in [1.165, 1.54) is 0 Å². The van der Waals surface area contributed by atoms with Crippen LogP contribution in [0.15, 0.2) is 0 Å². The van der Waals surface area contributed by atoms with Crippen molar-refractivity contribution in [2.75, 3.05) is 79.3 Å². The maximum Gasteiger partial charge on any atom is 1.00 e. The van der Waals surface area contributed by atoms with Crippen LogP contribution in [0.5, 0.6) is 0 Å². The summed E-state index contributed by atoms with van der Waals surface area (Å²) in [6, 6.07) is 0. The summed E-state index contributed by atoms with van der Waals surface area (Å²) in [5, 5.41) is 70.4. The largest absolute Gasteiger partial charge is 1.00 e. The van der Waals surface area contributed by atoms with E-state index in [-0.39, 0.29) is 76.7 Å². The van der Waals surface area contributed by atoms with Crippen molar-refractivity contribution in [3.8, 4) is 0 Å². The predicted octanol–water partition coefficient (Wildman–Crippen LogP) is 0.574. The Bertz CT molecular complexity index is 852. The fourth-order valence-electron chi connectivity index (χ4n) is 4.88. The molecule has 0 unspecified atom stereocenters. The van der Waals surface area contributed by atoms with Gasteiger partial charge < -0.3 is 59.8 Å². The standard InChI is InChI=1S/C17H30O6.C6H14O3.C6H8O2.C5H12O3/c1-3-15(9-19)12-22-17(23-13-15)6-4-16(5-7-17)20-10-14(2,8-18)11-21-16;1-2-6(3-7,4-8)5-9;7-5-1-2-6(8)4-3-5;1-5(2-6,3-7)4-8/h18-19H,3-13H2,1-2H3;7-9H,2-5H2,1H3;1-4H2;6-8H,2-4H2,1H3/p+1. The molecule has 0 radical (unpaired) electrons. The minimum Gasteiger partial charge on any atom is -0.396 e. The second kappa shape index (κ2) is 20.6. The molecule has 0 atom stereocenters. The zero-order valence-electron chi connectivity index (χ0n) is 30.6. The van der Waals surface area contributed by atoms with Crippen LogP contribution in [0.2, 0.25) is 0 Å². The van der Waals surface area contributed by atoms with Crippen molar-refractivity contribution in [2.24, 2.45) is 21.7 Å². The van der Waals surface area contributed by atoms with E-state index in [1.54, 1.807) is 6.92 Å². The molecule has 2 saturated heterocycles. The van der Waals surface area contributed by atoms with E-state index in [4.69, 9.17) is 49.6 Å². The monoisotopic (exact) mass is 697 g/mol. The lowest BCUT2D eigenvalue weighted by molar-refractivity contribution is -0.369. The lowest BCUT2D eigenvalue weighted by Crippen LogP contribution is -2.58. The molecule has 8 N–H and O–H groups in total. The topological polar surface area (TPSA) is 233 Å². The molecule has 4 rings (SSSR count). The molecule has 0 aromatic heterocycles. The number of Topliss-reactive ketones (excluding diaryl/α,β-unsaturated/α-hetero) is 2. The molecule has 2 spiro atoms. The number of aliphatic hydroxyl groups excluding tert-OH is 8. The summed E-state index contributed by atoms with van der Waals surface area (Å²) in [7, 11) is 0. The average molecular weight is 698 g/mol. The number of ether oxygens (including phenoxy) is 4. The summed E-state index contributed by atoms with van der Waals surface area (Å²) < 4.78 is 24.1. The van der Waals surface area contributed by atoms with Crippen molar-refractivity contribution in [3.05, 3.63) is 0 Å². The van der Waals surface area contributed by atoms with Crippen molar-refractivity contribution in [1.82, 2.24) is 0 Å². The second-order valence-electron chi connectivity index (χ2n) is 14.6. The first-order valence-corrected chi connectivity index (χ1v) is 17.1. The normalized spacial score (nSPS) is 30.8. The van der Waals surface area contributed by atoms with Gasteiger partial charge in [-0.25, -0.2) is 0 Å². The highest BCUT2D eigenvalue weighted by molar-refractivity contribution is 5.92. The van der Waals surface area contributed by atoms with Crippen LogP contribution in [0.1, 0.15) is 93.3 Å². The van der Waals surface area contributed by atoms with E-state index in [1.807, 2.05) is 13.8 Å². The summed E-state index contributed by atoms with van der Waals surface area (Å²) in [5.41, 5.74) is -1.94. The third-order valence-corrected chi connectivity index (χ3v) is 10.2. The third-order valence-electron chi connectivity index (χ3n) is 10.2. The molecule has 4 fully saturated rings. The Morgan fingerprint density at radius 2 is 0.958 bits per heavy atom. The Hall–Kier alpha value is -1.14. The van der Waals surface area contributed by atoms with E-state index < -0.39 is 22.4 Å². The molecule has 2 saturated carbocycles. The molecule has 0 bridgehead atoms. The van der Waals surface area contributed by atoms with Crippen LogP contribution >= 0.6 is 0 Å². The van der Waals surface area contributed by atoms with Crippen LogP contribution in [-0.4, -0.2) is 143 Å². The molecule has 4 aliphatic rings. The quantitative estimate of drug-likeness (QED) is 0.156. The molecular formula is C34H65O14+. The van der Waals surface area contributed by atoms with E-state index in [0.29, 0.717) is 58.5 Å². The van der Waals surface area contributed by atoms with E-state index in [2.05, 4.69) is 6.92 Å². The first kappa shape index (κ1) is 44.9. The van der Waals surface area contributed by atoms with Crippen LogP contribution in [0.25, 0.3) is 0 Å². The van der Waals surface area contributed by atoms with Crippen molar-refractivity contribution < 1.29 is 70.8 Å². The SMILES string of the molecule is CC(CO)(CO)CO.CCC(CO)(CO)CO.CCC1(CO)COC2(CCC3(CC2)OCC(C)(CO)CO3)OC1.O=C1CCC(=O)CC1.[H+]. The Kier molecular flexibility index (Phi) is 19.3. The summed E-state index contributed by atoms with van der Waals surface area (Å²) in [6.45, 7) is 8.71. The Morgan fingerprint density at radius 1 is 0.604 bits per heavy atom. The third kappa shape index (κ3) is 13.2. The fourth-order valence-corrected chi connectivity index (χ4v) is 4.88. The zero-order chi connectivity index (χ0) is 36.5. The lowest BCUT2D eigenvalue weighted by Gasteiger charge is -2.52. The average Bonchev–Trinajstić information content (AvgIpc) is 3.14. The van der Waals surface area contributed by atoms with Crippen LogP contribution in [0, 0.1) is 21.7 Å². The first-order valence-electron chi connectivity index (χ1n) is 17.1. The summed E-state index contributed by atoms with van der Waals surface area (Å²) in [4.78, 5) is 20.9. The molecule has 14 nitrogen and oxygen atoms in total. The van der Waals surface area contributed by atoms with Gasteiger partial charge in [-0.1, -0.05) is 27.7 Å². The van der Waals surface area contributed by atoms with Gasteiger partial charge in [-0.3, -0.25) is 9.59 Å². The van der Waals surface area contributed by atoms with Crippen molar-refractivity contribution in [1.29, 1.82) is 0 Å². The number of carbonyl (C=O) groups excluding carboxylic acids is 2. The van der Waals surface area contributed by atoms with Gasteiger partial charge in [0, 0.05) is 73.0 Å². The maximum absolute atomic E-state index is 10.5. The molecular weight excluding hydrogens is 632 g/mol. The van der Waals surface area contributed by atoms with E-state index in [9.17, 15) is 19.8 Å². The maximum atomic E-state index is 10.5. The first-order chi connectivity index (χ1) is 22.6. The molecule has 14 heteroatoms. The number of hydrogen-bond acceptors (Lipinski definition) is 14. The molecule has 0 aromatic rings. The number of carbonyl (C=O) groups is 2. The van der Waals surface area contributed by atoms with Gasteiger partial charge in [0.2, 0.25) is 0 Å². The van der Waals surface area contributed by atoms with Crippen molar-refractivity contribution >= 4 is 11.6 Å². The Labute approximate surface area is 286 Å².